The van der Waals surface area contributed by atoms with Crippen molar-refractivity contribution < 1.29 is 9.13 Å². The molecule has 1 atom stereocenters. The van der Waals surface area contributed by atoms with Crippen LogP contribution >= 0.6 is 24.0 Å². The van der Waals surface area contributed by atoms with Crippen molar-refractivity contribution in [3.63, 3.8) is 0 Å². The molecule has 1 aliphatic heterocycles. The van der Waals surface area contributed by atoms with E-state index in [-0.39, 0.29) is 35.8 Å². The second-order valence-electron chi connectivity index (χ2n) is 7.14. The molecule has 4 rings (SSSR count). The van der Waals surface area contributed by atoms with Crippen molar-refractivity contribution in [2.24, 2.45) is 4.99 Å². The summed E-state index contributed by atoms with van der Waals surface area (Å²) >= 11 is 0. The Morgan fingerprint density at radius 2 is 2.12 bits per heavy atom. The number of H-pyrrole nitrogens is 1. The number of guanidine groups is 1. The highest BCUT2D eigenvalue weighted by molar-refractivity contribution is 14.0. The van der Waals surface area contributed by atoms with Crippen LogP contribution in [0.15, 0.2) is 47.6 Å². The van der Waals surface area contributed by atoms with Gasteiger partial charge in [-0.05, 0) is 42.8 Å². The highest BCUT2D eigenvalue weighted by Crippen LogP contribution is 2.21. The van der Waals surface area contributed by atoms with Gasteiger partial charge in [-0.3, -0.25) is 10.1 Å². The van der Waals surface area contributed by atoms with E-state index in [1.165, 1.54) is 6.07 Å². The summed E-state index contributed by atoms with van der Waals surface area (Å²) in [4.78, 5) is 14.9. The number of aromatic amines is 1. The lowest BCUT2D eigenvalue weighted by molar-refractivity contribution is 0.415. The van der Waals surface area contributed by atoms with Crippen molar-refractivity contribution in [1.82, 2.24) is 30.8 Å². The van der Waals surface area contributed by atoms with Crippen molar-refractivity contribution >= 4 is 35.8 Å². The summed E-state index contributed by atoms with van der Waals surface area (Å²) in [7, 11) is 3.34. The molecule has 2 aromatic heterocycles. The summed E-state index contributed by atoms with van der Waals surface area (Å²) < 4.78 is 19.2. The molecule has 9 nitrogen and oxygen atoms in total. The standard InChI is InChI=1S/C21H25FN8O.HI/c1-23-21(26-15-9-11-30(13-15)20-17(22)4-3-10-24-20)25-12-18-27-19(29-28-18)14-5-7-16(31-2)8-6-14;/h3-8,10,15H,9,11-13H2,1-2H3,(H2,23,25,26)(H,27,28,29);1H. The van der Waals surface area contributed by atoms with Gasteiger partial charge in [-0.15, -0.1) is 24.0 Å². The Kier molecular flexibility index (Phi) is 8.20. The van der Waals surface area contributed by atoms with Gasteiger partial charge in [-0.1, -0.05) is 0 Å². The number of aromatic nitrogens is 4. The van der Waals surface area contributed by atoms with E-state index in [9.17, 15) is 4.39 Å². The lowest BCUT2D eigenvalue weighted by Gasteiger charge is -2.19. The molecule has 0 amide bonds. The van der Waals surface area contributed by atoms with E-state index < -0.39 is 0 Å². The first-order chi connectivity index (χ1) is 15.2. The number of halogens is 2. The molecule has 32 heavy (non-hydrogen) atoms. The topological polar surface area (TPSA) is 103 Å². The van der Waals surface area contributed by atoms with E-state index >= 15 is 0 Å². The maximum atomic E-state index is 14.0. The van der Waals surface area contributed by atoms with Crippen molar-refractivity contribution in [2.45, 2.75) is 19.0 Å². The third kappa shape index (κ3) is 5.64. The van der Waals surface area contributed by atoms with Gasteiger partial charge in [0, 0.05) is 37.9 Å². The van der Waals surface area contributed by atoms with Crippen molar-refractivity contribution in [2.75, 3.05) is 32.1 Å². The van der Waals surface area contributed by atoms with Crippen molar-refractivity contribution in [1.29, 1.82) is 0 Å². The fraction of sp³-hybridized carbons (Fsp3) is 0.333. The van der Waals surface area contributed by atoms with Crippen LogP contribution in [-0.2, 0) is 6.54 Å². The molecule has 1 saturated heterocycles. The van der Waals surface area contributed by atoms with E-state index in [0.29, 0.717) is 36.5 Å². The van der Waals surface area contributed by atoms with Gasteiger partial charge in [0.25, 0.3) is 0 Å². The molecule has 1 aromatic carbocycles. The summed E-state index contributed by atoms with van der Waals surface area (Å²) in [6, 6.07) is 10.7. The predicted molar refractivity (Wildman–Crippen MR) is 132 cm³/mol. The Labute approximate surface area is 202 Å². The van der Waals surface area contributed by atoms with Gasteiger partial charge in [0.05, 0.1) is 13.7 Å². The fourth-order valence-electron chi connectivity index (χ4n) is 3.48. The lowest BCUT2D eigenvalue weighted by Crippen LogP contribution is -2.44. The molecule has 1 fully saturated rings. The highest BCUT2D eigenvalue weighted by Gasteiger charge is 2.26. The molecule has 1 aliphatic rings. The van der Waals surface area contributed by atoms with Crippen molar-refractivity contribution in [3.05, 3.63) is 54.2 Å². The van der Waals surface area contributed by atoms with Gasteiger partial charge in [0.2, 0.25) is 0 Å². The maximum absolute atomic E-state index is 14.0. The van der Waals surface area contributed by atoms with Crippen molar-refractivity contribution in [3.8, 4) is 17.1 Å². The first-order valence-corrected chi connectivity index (χ1v) is 10.0. The van der Waals surface area contributed by atoms with Crippen LogP contribution in [0.25, 0.3) is 11.4 Å². The molecule has 3 aromatic rings. The van der Waals surface area contributed by atoms with Crippen LogP contribution in [0.4, 0.5) is 10.2 Å². The Morgan fingerprint density at radius 1 is 1.31 bits per heavy atom. The van der Waals surface area contributed by atoms with Gasteiger partial charge in [-0.25, -0.2) is 14.4 Å². The number of aliphatic imine (C=N–C) groups is 1. The number of hydrogen-bond acceptors (Lipinski definition) is 6. The summed E-state index contributed by atoms with van der Waals surface area (Å²) in [5, 5.41) is 13.8. The molecular formula is C21H26FIN8O. The smallest absolute Gasteiger partial charge is 0.191 e. The molecule has 170 valence electrons. The van der Waals surface area contributed by atoms with Gasteiger partial charge in [0.1, 0.15) is 11.6 Å². The second-order valence-corrected chi connectivity index (χ2v) is 7.14. The lowest BCUT2D eigenvalue weighted by atomic mass is 10.2. The Hall–Kier alpha value is -2.96. The van der Waals surface area contributed by atoms with E-state index in [1.807, 2.05) is 29.2 Å². The summed E-state index contributed by atoms with van der Waals surface area (Å²) in [5.41, 5.74) is 0.901. The molecule has 3 heterocycles. The average molecular weight is 552 g/mol. The van der Waals surface area contributed by atoms with Crippen LogP contribution < -0.4 is 20.3 Å². The van der Waals surface area contributed by atoms with Crippen LogP contribution in [0.2, 0.25) is 0 Å². The van der Waals surface area contributed by atoms with Crippen LogP contribution in [0.1, 0.15) is 12.2 Å². The number of benzene rings is 1. The second kappa shape index (κ2) is 11.1. The minimum atomic E-state index is -0.302. The first-order valence-electron chi connectivity index (χ1n) is 10.0. The third-order valence-electron chi connectivity index (χ3n) is 5.09. The summed E-state index contributed by atoms with van der Waals surface area (Å²) in [5.74, 6) is 2.83. The number of hydrogen-bond donors (Lipinski definition) is 3. The zero-order chi connectivity index (χ0) is 21.6. The molecule has 0 saturated carbocycles. The maximum Gasteiger partial charge on any atom is 0.191 e. The predicted octanol–water partition coefficient (Wildman–Crippen LogP) is 2.58. The van der Waals surface area contributed by atoms with E-state index in [2.05, 4.69) is 35.8 Å². The molecule has 0 bridgehead atoms. The van der Waals surface area contributed by atoms with Gasteiger partial charge < -0.3 is 20.3 Å². The number of rotatable bonds is 6. The van der Waals surface area contributed by atoms with Crippen LogP contribution in [0.5, 0.6) is 5.75 Å². The minimum Gasteiger partial charge on any atom is -0.497 e. The average Bonchev–Trinajstić information content (AvgIpc) is 3.47. The number of pyridine rings is 1. The van der Waals surface area contributed by atoms with Gasteiger partial charge >= 0.3 is 0 Å². The number of nitrogens with zero attached hydrogens (tertiary/aromatic N) is 5. The summed E-state index contributed by atoms with van der Waals surface area (Å²) in [6.07, 6.45) is 2.47. The monoisotopic (exact) mass is 552 g/mol. The molecular weight excluding hydrogens is 526 g/mol. The minimum absolute atomic E-state index is 0. The van der Waals surface area contributed by atoms with E-state index in [0.717, 1.165) is 24.3 Å². The first kappa shape index (κ1) is 23.7. The number of nitrogens with one attached hydrogen (secondary N) is 3. The van der Waals surface area contributed by atoms with Gasteiger partial charge in [0.15, 0.2) is 23.4 Å². The number of methoxy groups -OCH3 is 1. The zero-order valence-electron chi connectivity index (χ0n) is 17.9. The van der Waals surface area contributed by atoms with Crippen LogP contribution in [-0.4, -0.2) is 59.4 Å². The third-order valence-corrected chi connectivity index (χ3v) is 5.09. The molecule has 0 radical (unpaired) electrons. The Balaban J connectivity index is 0.00000289. The van der Waals surface area contributed by atoms with Crippen LogP contribution in [0.3, 0.4) is 0 Å². The SMILES string of the molecule is CN=C(NCc1nc(-c2ccc(OC)cc2)n[nH]1)NC1CCN(c2ncccc2F)C1.I. The zero-order valence-corrected chi connectivity index (χ0v) is 20.2. The number of ether oxygens (including phenoxy) is 1. The fourth-order valence-corrected chi connectivity index (χ4v) is 3.48. The van der Waals surface area contributed by atoms with Gasteiger partial charge in [-0.2, -0.15) is 5.10 Å². The molecule has 3 N–H and O–H groups in total. The molecule has 0 aliphatic carbocycles. The van der Waals surface area contributed by atoms with E-state index in [4.69, 9.17) is 4.74 Å². The van der Waals surface area contributed by atoms with E-state index in [1.54, 1.807) is 26.4 Å². The molecule has 0 spiro atoms. The summed E-state index contributed by atoms with van der Waals surface area (Å²) in [6.45, 7) is 1.82. The highest BCUT2D eigenvalue weighted by atomic mass is 127. The van der Waals surface area contributed by atoms with Crippen LogP contribution in [0, 0.1) is 5.82 Å². The number of anilines is 1. The quantitative estimate of drug-likeness (QED) is 0.246. The molecule has 11 heteroatoms. The Bertz CT molecular complexity index is 1040. The normalized spacial score (nSPS) is 15.9. The Morgan fingerprint density at radius 3 is 2.84 bits per heavy atom. The largest absolute Gasteiger partial charge is 0.497 e. The molecule has 1 unspecified atom stereocenters.